The molecule has 0 saturated heterocycles. The molecular weight excluding hydrogens is 891 g/mol. The molecule has 0 aliphatic rings. The summed E-state index contributed by atoms with van der Waals surface area (Å²) in [5.41, 5.74) is 28.7. The number of carboxylic acids is 1. The first-order valence-electron chi connectivity index (χ1n) is 22.7. The molecule has 3 aromatic carbocycles. The van der Waals surface area contributed by atoms with E-state index in [2.05, 4.69) is 41.9 Å². The summed E-state index contributed by atoms with van der Waals surface area (Å²) in [6.45, 7) is 7.23. The van der Waals surface area contributed by atoms with E-state index >= 15 is 0 Å². The van der Waals surface area contributed by atoms with Crippen LogP contribution < -0.4 is 60.6 Å². The van der Waals surface area contributed by atoms with E-state index in [-0.39, 0.29) is 74.6 Å². The molecule has 22 nitrogen and oxygen atoms in total. The summed E-state index contributed by atoms with van der Waals surface area (Å²) in [6.07, 6.45) is 0.243. The molecule has 22 heteroatoms. The van der Waals surface area contributed by atoms with E-state index in [0.717, 1.165) is 10.8 Å². The second-order valence-electron chi connectivity index (χ2n) is 16.7. The summed E-state index contributed by atoms with van der Waals surface area (Å²) >= 11 is 0. The highest BCUT2D eigenvalue weighted by Gasteiger charge is 2.35. The number of carboxylic acid groups (broad SMARTS) is 1. The molecule has 0 fully saturated rings. The van der Waals surface area contributed by atoms with Gasteiger partial charge in [0, 0.05) is 30.8 Å². The molecule has 0 spiro atoms. The van der Waals surface area contributed by atoms with Crippen molar-refractivity contribution in [3.8, 4) is 0 Å². The van der Waals surface area contributed by atoms with E-state index in [1.165, 1.54) is 12.1 Å². The number of hydrogen-bond donors (Lipinski definition) is 12. The van der Waals surface area contributed by atoms with Crippen LogP contribution in [0, 0.1) is 11.8 Å². The van der Waals surface area contributed by atoms with E-state index in [1.54, 1.807) is 52.0 Å². The van der Waals surface area contributed by atoms with E-state index in [0.29, 0.717) is 24.0 Å². The Balaban J connectivity index is 1.79. The molecule has 3 aromatic rings. The highest BCUT2D eigenvalue weighted by Crippen LogP contribution is 2.17. The number of nitrogens with two attached hydrogens (primary N) is 5. The number of aliphatic carboxylic acids is 1. The fourth-order valence-electron chi connectivity index (χ4n) is 7.03. The lowest BCUT2D eigenvalue weighted by molar-refractivity contribution is -0.141. The van der Waals surface area contributed by atoms with Crippen molar-refractivity contribution in [1.82, 2.24) is 31.9 Å². The average Bonchev–Trinajstić information content (AvgIpc) is 3.31. The Kier molecular flexibility index (Phi) is 22.3. The number of nitrogens with one attached hydrogen (secondary N) is 6. The predicted molar refractivity (Wildman–Crippen MR) is 261 cm³/mol. The van der Waals surface area contributed by atoms with Crippen molar-refractivity contribution in [3.63, 3.8) is 0 Å². The zero-order valence-electron chi connectivity index (χ0n) is 39.5. The van der Waals surface area contributed by atoms with Crippen molar-refractivity contribution in [3.05, 3.63) is 83.4 Å². The van der Waals surface area contributed by atoms with Gasteiger partial charge in [0.1, 0.15) is 30.2 Å². The van der Waals surface area contributed by atoms with Gasteiger partial charge in [0.2, 0.25) is 29.5 Å². The second kappa shape index (κ2) is 27.8. The summed E-state index contributed by atoms with van der Waals surface area (Å²) in [6, 6.07) is 12.7. The fourth-order valence-corrected chi connectivity index (χ4v) is 7.03. The number of primary amides is 1. The van der Waals surface area contributed by atoms with Gasteiger partial charge in [-0.05, 0) is 78.1 Å². The molecule has 69 heavy (non-hydrogen) atoms. The van der Waals surface area contributed by atoms with Gasteiger partial charge in [-0.25, -0.2) is 0 Å². The Morgan fingerprint density at radius 1 is 0.565 bits per heavy atom. The lowest BCUT2D eigenvalue weighted by atomic mass is 9.96. The molecule has 374 valence electrons. The van der Waals surface area contributed by atoms with Crippen LogP contribution in [0.1, 0.15) is 98.9 Å². The topological polar surface area (TPSA) is 384 Å². The number of amides is 7. The summed E-state index contributed by atoms with van der Waals surface area (Å²) in [7, 11) is 0. The minimum absolute atomic E-state index is 0.0203. The summed E-state index contributed by atoms with van der Waals surface area (Å²) in [5.74, 6) is -8.08. The molecule has 0 aromatic heterocycles. The average molecular weight is 958 g/mol. The number of fused-ring (bicyclic) bond motifs is 1. The van der Waals surface area contributed by atoms with Crippen molar-refractivity contribution in [2.45, 2.75) is 109 Å². The SMILES string of the molecule is CC[C@H](C)[C@H](NC(=O)[C@H](CCCN=C(N)N)NC(=O)[C@H](CC(=O)O)NC(=O)[C@@H](NC(=O)[C@H](CCCN=C(N)N)NC(=O)c1ccc(CNC(=O)c2ccc3ccccc3c2)cc1)[C@@H](C)CC)C(N)=O. The van der Waals surface area contributed by atoms with Crippen LogP contribution in [-0.2, 0) is 35.3 Å². The lowest BCUT2D eigenvalue weighted by Crippen LogP contribution is -2.60. The highest BCUT2D eigenvalue weighted by atomic mass is 16.4. The van der Waals surface area contributed by atoms with Crippen molar-refractivity contribution >= 4 is 70.0 Å². The molecule has 0 aliphatic heterocycles. The van der Waals surface area contributed by atoms with E-state index in [1.807, 2.05) is 30.3 Å². The van der Waals surface area contributed by atoms with Crippen LogP contribution in [0.5, 0.6) is 0 Å². The molecule has 0 saturated carbocycles. The number of carbonyl (C=O) groups is 8. The first-order valence-corrected chi connectivity index (χ1v) is 22.7. The van der Waals surface area contributed by atoms with E-state index in [4.69, 9.17) is 28.7 Å². The van der Waals surface area contributed by atoms with Crippen LogP contribution in [0.15, 0.2) is 76.7 Å². The normalized spacial score (nSPS) is 13.9. The Morgan fingerprint density at radius 3 is 1.59 bits per heavy atom. The van der Waals surface area contributed by atoms with Crippen LogP contribution in [0.4, 0.5) is 0 Å². The number of aliphatic imine (C=N–C) groups is 2. The molecule has 0 unspecified atom stereocenters. The maximum atomic E-state index is 14.0. The summed E-state index contributed by atoms with van der Waals surface area (Å²) < 4.78 is 0. The molecule has 0 radical (unpaired) electrons. The highest BCUT2D eigenvalue weighted by molar-refractivity contribution is 6.00. The Bertz CT molecular complexity index is 2330. The molecule has 17 N–H and O–H groups in total. The zero-order chi connectivity index (χ0) is 51.2. The monoisotopic (exact) mass is 958 g/mol. The van der Waals surface area contributed by atoms with Crippen molar-refractivity contribution in [1.29, 1.82) is 0 Å². The minimum Gasteiger partial charge on any atom is -0.481 e. The first-order chi connectivity index (χ1) is 32.7. The second-order valence-corrected chi connectivity index (χ2v) is 16.7. The molecule has 7 amide bonds. The van der Waals surface area contributed by atoms with Gasteiger partial charge in [-0.3, -0.25) is 48.3 Å². The first kappa shape index (κ1) is 55.5. The van der Waals surface area contributed by atoms with Crippen LogP contribution in [0.3, 0.4) is 0 Å². The Morgan fingerprint density at radius 2 is 1.06 bits per heavy atom. The number of carbonyl (C=O) groups excluding carboxylic acids is 7. The van der Waals surface area contributed by atoms with Crippen LogP contribution in [0.2, 0.25) is 0 Å². The van der Waals surface area contributed by atoms with Gasteiger partial charge in [-0.15, -0.1) is 0 Å². The van der Waals surface area contributed by atoms with Gasteiger partial charge >= 0.3 is 5.97 Å². The molecule has 0 bridgehead atoms. The molecule has 3 rings (SSSR count). The Hall–Kier alpha value is -7.78. The predicted octanol–water partition coefficient (Wildman–Crippen LogP) is -0.0332. The number of rotatable bonds is 28. The molecule has 0 aliphatic carbocycles. The minimum atomic E-state index is -1.75. The van der Waals surface area contributed by atoms with Crippen LogP contribution in [-0.4, -0.2) is 108 Å². The molecular formula is C47H67N13O9. The largest absolute Gasteiger partial charge is 0.481 e. The van der Waals surface area contributed by atoms with Crippen LogP contribution >= 0.6 is 0 Å². The van der Waals surface area contributed by atoms with E-state index < -0.39 is 84.0 Å². The van der Waals surface area contributed by atoms with Crippen molar-refractivity contribution < 1.29 is 43.5 Å². The number of guanidine groups is 2. The van der Waals surface area contributed by atoms with Gasteiger partial charge in [-0.2, -0.15) is 0 Å². The quantitative estimate of drug-likeness (QED) is 0.0259. The third-order valence-corrected chi connectivity index (χ3v) is 11.4. The van der Waals surface area contributed by atoms with Gasteiger partial charge in [0.05, 0.1) is 6.42 Å². The standard InChI is InChI=1S/C47H67N13O9/c1-5-26(3)37(39(48)63)59-42(66)34(14-10-22-54-47(51)52)57-44(68)35(24-36(61)62)58-45(69)38(27(4)6-2)60-43(67)33(13-9-21-53-46(49)50)56-41(65)30-17-15-28(16-18-30)25-55-40(64)32-20-19-29-11-7-8-12-31(29)23-32/h7-8,11-12,15-20,23,26-27,33-35,37-38H,5-6,9-10,13-14,21-22,24-25H2,1-4H3,(H2,48,63)(H,55,64)(H,56,65)(H,57,68)(H,58,69)(H,59,66)(H,60,67)(H,61,62)(H4,49,50,53)(H4,51,52,54)/t26-,27-,33-,34-,35-,37-,38-/m0/s1. The third kappa shape index (κ3) is 18.4. The summed E-state index contributed by atoms with van der Waals surface area (Å²) in [4.78, 5) is 114. The number of hydrogen-bond acceptors (Lipinski definition) is 10. The summed E-state index contributed by atoms with van der Waals surface area (Å²) in [5, 5.41) is 27.4. The molecule has 7 atom stereocenters. The third-order valence-electron chi connectivity index (χ3n) is 11.4. The zero-order valence-corrected chi connectivity index (χ0v) is 39.5. The number of benzene rings is 3. The lowest BCUT2D eigenvalue weighted by Gasteiger charge is -2.29. The smallest absolute Gasteiger partial charge is 0.305 e. The van der Waals surface area contributed by atoms with Gasteiger partial charge in [0.25, 0.3) is 11.8 Å². The van der Waals surface area contributed by atoms with Crippen molar-refractivity contribution in [2.24, 2.45) is 50.5 Å². The van der Waals surface area contributed by atoms with Gasteiger partial charge in [0.15, 0.2) is 11.9 Å². The maximum Gasteiger partial charge on any atom is 0.305 e. The van der Waals surface area contributed by atoms with Crippen LogP contribution in [0.25, 0.3) is 10.8 Å². The van der Waals surface area contributed by atoms with Crippen molar-refractivity contribution in [2.75, 3.05) is 13.1 Å². The maximum absolute atomic E-state index is 14.0. The fraction of sp³-hybridized carbons (Fsp3) is 0.447. The Labute approximate surface area is 400 Å². The van der Waals surface area contributed by atoms with Gasteiger partial charge < -0.3 is 65.7 Å². The number of nitrogens with zero attached hydrogens (tertiary/aromatic N) is 2. The van der Waals surface area contributed by atoms with Gasteiger partial charge in [-0.1, -0.05) is 83.0 Å². The van der Waals surface area contributed by atoms with E-state index in [9.17, 15) is 43.5 Å². The molecule has 0 heterocycles.